The zero-order valence-electron chi connectivity index (χ0n) is 18.1. The molecule has 0 saturated heterocycles. The average molecular weight is 418 g/mol. The highest BCUT2D eigenvalue weighted by atomic mass is 16.5. The third-order valence-electron chi connectivity index (χ3n) is 4.97. The molecule has 6 nitrogen and oxygen atoms in total. The van der Waals surface area contributed by atoms with Crippen molar-refractivity contribution in [1.82, 2.24) is 4.90 Å². The molecule has 0 fully saturated rings. The molecule has 1 aromatic rings. The monoisotopic (exact) mass is 417 g/mol. The van der Waals surface area contributed by atoms with Crippen LogP contribution in [0.3, 0.4) is 0 Å². The van der Waals surface area contributed by atoms with Crippen LogP contribution in [0.1, 0.15) is 51.0 Å². The number of imide groups is 1. The van der Waals surface area contributed by atoms with E-state index in [1.807, 2.05) is 12.1 Å². The smallest absolute Gasteiger partial charge is 0.253 e. The molecule has 1 aromatic carbocycles. The second-order valence-electron chi connectivity index (χ2n) is 7.40. The second kappa shape index (κ2) is 14.7. The quantitative estimate of drug-likeness (QED) is 0.284. The molecular formula is C24H35NO5. The molecule has 0 aromatic heterocycles. The number of amides is 2. The van der Waals surface area contributed by atoms with Gasteiger partial charge in [-0.15, -0.1) is 0 Å². The molecule has 1 aliphatic rings. The van der Waals surface area contributed by atoms with Crippen molar-refractivity contribution in [2.24, 2.45) is 0 Å². The molecule has 1 heterocycles. The Balaban J connectivity index is 1.42. The Hall–Kier alpha value is -2.18. The molecular weight excluding hydrogens is 382 g/mol. The largest absolute Gasteiger partial charge is 0.491 e. The molecule has 166 valence electrons. The van der Waals surface area contributed by atoms with Crippen LogP contribution in [0.2, 0.25) is 0 Å². The molecule has 0 N–H and O–H groups in total. The molecule has 0 radical (unpaired) electrons. The minimum absolute atomic E-state index is 0.266. The molecule has 0 unspecified atom stereocenters. The van der Waals surface area contributed by atoms with Crippen LogP contribution < -0.4 is 4.74 Å². The van der Waals surface area contributed by atoms with Crippen molar-refractivity contribution in [2.75, 3.05) is 39.6 Å². The summed E-state index contributed by atoms with van der Waals surface area (Å²) in [7, 11) is 0. The highest BCUT2D eigenvalue weighted by Crippen LogP contribution is 2.15. The summed E-state index contributed by atoms with van der Waals surface area (Å²) in [6.45, 7) is 4.65. The molecule has 30 heavy (non-hydrogen) atoms. The molecule has 1 aliphatic heterocycles. The topological polar surface area (TPSA) is 65.1 Å². The maximum Gasteiger partial charge on any atom is 0.253 e. The maximum absolute atomic E-state index is 11.4. The third-order valence-corrected chi connectivity index (χ3v) is 4.97. The van der Waals surface area contributed by atoms with E-state index in [2.05, 4.69) is 19.1 Å². The van der Waals surface area contributed by atoms with E-state index in [0.29, 0.717) is 33.0 Å². The van der Waals surface area contributed by atoms with Crippen LogP contribution in [0.4, 0.5) is 0 Å². The van der Waals surface area contributed by atoms with Gasteiger partial charge in [0.15, 0.2) is 0 Å². The van der Waals surface area contributed by atoms with Gasteiger partial charge >= 0.3 is 0 Å². The first kappa shape index (κ1) is 24.1. The van der Waals surface area contributed by atoms with E-state index in [4.69, 9.17) is 14.2 Å². The van der Waals surface area contributed by atoms with Crippen molar-refractivity contribution in [2.45, 2.75) is 51.9 Å². The Bertz CT molecular complexity index is 638. The normalized spacial score (nSPS) is 13.4. The number of rotatable bonds is 17. The molecule has 0 spiro atoms. The Morgan fingerprint density at radius 3 is 2.03 bits per heavy atom. The third kappa shape index (κ3) is 9.55. The van der Waals surface area contributed by atoms with Gasteiger partial charge in [-0.05, 0) is 30.5 Å². The summed E-state index contributed by atoms with van der Waals surface area (Å²) in [6.07, 6.45) is 11.6. The average Bonchev–Trinajstić information content (AvgIpc) is 3.08. The zero-order chi connectivity index (χ0) is 21.4. The minimum Gasteiger partial charge on any atom is -0.491 e. The van der Waals surface area contributed by atoms with Gasteiger partial charge in [0.1, 0.15) is 12.4 Å². The Labute approximate surface area is 180 Å². The van der Waals surface area contributed by atoms with E-state index in [9.17, 15) is 9.59 Å². The van der Waals surface area contributed by atoms with Gasteiger partial charge in [-0.1, -0.05) is 51.2 Å². The van der Waals surface area contributed by atoms with Gasteiger partial charge in [0, 0.05) is 12.2 Å². The molecule has 2 amide bonds. The lowest BCUT2D eigenvalue weighted by Crippen LogP contribution is -2.33. The van der Waals surface area contributed by atoms with E-state index >= 15 is 0 Å². The fourth-order valence-electron chi connectivity index (χ4n) is 3.21. The van der Waals surface area contributed by atoms with E-state index in [1.54, 1.807) is 0 Å². The summed E-state index contributed by atoms with van der Waals surface area (Å²) in [4.78, 5) is 23.9. The summed E-state index contributed by atoms with van der Waals surface area (Å²) >= 11 is 0. The molecule has 6 heteroatoms. The molecule has 2 rings (SSSR count). The number of ether oxygens (including phenoxy) is 3. The lowest BCUT2D eigenvalue weighted by Gasteiger charge is -2.13. The van der Waals surface area contributed by atoms with Gasteiger partial charge in [0.2, 0.25) is 0 Å². The van der Waals surface area contributed by atoms with Gasteiger partial charge < -0.3 is 14.2 Å². The SMILES string of the molecule is CCCCCCCCc1ccc(OCCOCCOCCN2C(=O)C=CC2=O)cc1. The number of unbranched alkanes of at least 4 members (excludes halogenated alkanes) is 5. The van der Waals surface area contributed by atoms with E-state index < -0.39 is 0 Å². The van der Waals surface area contributed by atoms with Crippen molar-refractivity contribution in [3.63, 3.8) is 0 Å². The summed E-state index contributed by atoms with van der Waals surface area (Å²) in [5, 5.41) is 0. The van der Waals surface area contributed by atoms with Gasteiger partial charge in [0.05, 0.1) is 33.0 Å². The van der Waals surface area contributed by atoms with Crippen LogP contribution in [0.5, 0.6) is 5.75 Å². The Kier molecular flexibility index (Phi) is 11.8. The Morgan fingerprint density at radius 1 is 0.733 bits per heavy atom. The highest BCUT2D eigenvalue weighted by Gasteiger charge is 2.22. The first-order valence-corrected chi connectivity index (χ1v) is 11.1. The first-order valence-electron chi connectivity index (χ1n) is 11.1. The predicted octanol–water partition coefficient (Wildman–Crippen LogP) is 3.93. The fourth-order valence-corrected chi connectivity index (χ4v) is 3.21. The van der Waals surface area contributed by atoms with E-state index in [1.165, 1.54) is 56.2 Å². The Morgan fingerprint density at radius 2 is 1.33 bits per heavy atom. The van der Waals surface area contributed by atoms with Crippen molar-refractivity contribution in [3.8, 4) is 5.75 Å². The first-order chi connectivity index (χ1) is 14.7. The molecule has 0 bridgehead atoms. The highest BCUT2D eigenvalue weighted by molar-refractivity contribution is 6.12. The van der Waals surface area contributed by atoms with Crippen LogP contribution in [0, 0.1) is 0 Å². The van der Waals surface area contributed by atoms with Gasteiger partial charge in [-0.2, -0.15) is 0 Å². The zero-order valence-corrected chi connectivity index (χ0v) is 18.1. The van der Waals surface area contributed by atoms with Crippen LogP contribution in [0.15, 0.2) is 36.4 Å². The summed E-state index contributed by atoms with van der Waals surface area (Å²) in [5.74, 6) is 0.287. The number of benzene rings is 1. The fraction of sp³-hybridized carbons (Fsp3) is 0.583. The maximum atomic E-state index is 11.4. The van der Waals surface area contributed by atoms with Gasteiger partial charge in [0.25, 0.3) is 11.8 Å². The van der Waals surface area contributed by atoms with Crippen molar-refractivity contribution in [3.05, 3.63) is 42.0 Å². The van der Waals surface area contributed by atoms with Crippen LogP contribution >= 0.6 is 0 Å². The molecule has 0 aliphatic carbocycles. The lowest BCUT2D eigenvalue weighted by molar-refractivity contribution is -0.137. The molecule has 0 atom stereocenters. The van der Waals surface area contributed by atoms with Gasteiger partial charge in [-0.25, -0.2) is 0 Å². The summed E-state index contributed by atoms with van der Waals surface area (Å²) in [5.41, 5.74) is 1.36. The van der Waals surface area contributed by atoms with E-state index in [0.717, 1.165) is 17.1 Å². The number of nitrogens with zero attached hydrogens (tertiary/aromatic N) is 1. The molecule has 0 saturated carbocycles. The van der Waals surface area contributed by atoms with Crippen LogP contribution in [-0.2, 0) is 25.5 Å². The minimum atomic E-state index is -0.285. The summed E-state index contributed by atoms with van der Waals surface area (Å²) in [6, 6.07) is 8.32. The van der Waals surface area contributed by atoms with Crippen molar-refractivity contribution < 1.29 is 23.8 Å². The van der Waals surface area contributed by atoms with E-state index in [-0.39, 0.29) is 18.4 Å². The second-order valence-corrected chi connectivity index (χ2v) is 7.40. The number of carbonyl (C=O) groups excluding carboxylic acids is 2. The number of carbonyl (C=O) groups is 2. The van der Waals surface area contributed by atoms with Crippen molar-refractivity contribution >= 4 is 11.8 Å². The number of hydrogen-bond acceptors (Lipinski definition) is 5. The predicted molar refractivity (Wildman–Crippen MR) is 117 cm³/mol. The van der Waals surface area contributed by atoms with Crippen molar-refractivity contribution in [1.29, 1.82) is 0 Å². The van der Waals surface area contributed by atoms with Gasteiger partial charge in [-0.3, -0.25) is 14.5 Å². The van der Waals surface area contributed by atoms with Crippen LogP contribution in [-0.4, -0.2) is 56.3 Å². The standard InChI is InChI=1S/C24H35NO5/c1-2-3-4-5-6-7-8-21-9-11-22(12-10-21)30-20-19-29-18-17-28-16-15-25-23(26)13-14-24(25)27/h9-14H,2-8,15-20H2,1H3. The number of hydrogen-bond donors (Lipinski definition) is 0. The van der Waals surface area contributed by atoms with Crippen LogP contribution in [0.25, 0.3) is 0 Å². The lowest BCUT2D eigenvalue weighted by atomic mass is 10.0. The summed E-state index contributed by atoms with van der Waals surface area (Å²) < 4.78 is 16.6. The number of aryl methyl sites for hydroxylation is 1.